The maximum absolute atomic E-state index is 12.5. The number of phenolic OH excluding ortho intramolecular Hbond substituents is 1. The number of benzene rings is 1. The van der Waals surface area contributed by atoms with E-state index in [1.165, 1.54) is 18.2 Å². The summed E-state index contributed by atoms with van der Waals surface area (Å²) < 4.78 is 5.14. The Hall–Kier alpha value is -2.68. The van der Waals surface area contributed by atoms with Gasteiger partial charge in [0.05, 0.1) is 23.1 Å². The van der Waals surface area contributed by atoms with Crippen LogP contribution in [0.25, 0.3) is 0 Å². The highest BCUT2D eigenvalue weighted by molar-refractivity contribution is 7.80. The van der Waals surface area contributed by atoms with Crippen LogP contribution in [-0.4, -0.2) is 27.7 Å². The lowest BCUT2D eigenvalue weighted by Gasteiger charge is -2.31. The van der Waals surface area contributed by atoms with Crippen molar-refractivity contribution >= 4 is 29.0 Å². The van der Waals surface area contributed by atoms with Crippen LogP contribution < -0.4 is 10.6 Å². The number of phenols is 1. The van der Waals surface area contributed by atoms with Gasteiger partial charge in [0.1, 0.15) is 0 Å². The van der Waals surface area contributed by atoms with Gasteiger partial charge >= 0.3 is 11.7 Å². The number of nitro groups is 1. The van der Waals surface area contributed by atoms with Gasteiger partial charge in [0, 0.05) is 11.8 Å². The number of hydrogen-bond acceptors (Lipinski definition) is 6. The third kappa shape index (κ3) is 4.05. The second-order valence-electron chi connectivity index (χ2n) is 5.40. The molecule has 0 radical (unpaired) electrons. The highest BCUT2D eigenvalue weighted by atomic mass is 32.1. The Morgan fingerprint density at radius 2 is 2.16 bits per heavy atom. The summed E-state index contributed by atoms with van der Waals surface area (Å²) in [5.41, 5.74) is 0.955. The minimum atomic E-state index is -0.700. The van der Waals surface area contributed by atoms with Crippen LogP contribution in [0, 0.1) is 10.1 Å². The second-order valence-corrected chi connectivity index (χ2v) is 5.81. The first-order valence-corrected chi connectivity index (χ1v) is 8.24. The molecule has 2 rings (SSSR count). The van der Waals surface area contributed by atoms with Crippen LogP contribution in [0.15, 0.2) is 29.5 Å². The number of nitrogens with zero attached hydrogens (tertiary/aromatic N) is 1. The van der Waals surface area contributed by atoms with E-state index in [2.05, 4.69) is 10.6 Å². The van der Waals surface area contributed by atoms with E-state index in [4.69, 9.17) is 17.0 Å². The van der Waals surface area contributed by atoms with Gasteiger partial charge in [0.2, 0.25) is 0 Å². The number of nitrogens with one attached hydrogen (secondary N) is 2. The van der Waals surface area contributed by atoms with Crippen molar-refractivity contribution in [3.63, 3.8) is 0 Å². The zero-order valence-corrected chi connectivity index (χ0v) is 14.7. The van der Waals surface area contributed by atoms with Gasteiger partial charge in [-0.3, -0.25) is 10.1 Å². The Balaban J connectivity index is 2.57. The molecule has 0 unspecified atom stereocenters. The van der Waals surface area contributed by atoms with E-state index in [0.717, 1.165) is 6.42 Å². The molecule has 0 aromatic heterocycles. The molecule has 134 valence electrons. The molecule has 3 N–H and O–H groups in total. The molecule has 1 heterocycles. The van der Waals surface area contributed by atoms with Gasteiger partial charge in [0.25, 0.3) is 0 Å². The second kappa shape index (κ2) is 7.93. The van der Waals surface area contributed by atoms with Crippen molar-refractivity contribution in [3.05, 3.63) is 45.1 Å². The predicted octanol–water partition coefficient (Wildman–Crippen LogP) is 2.44. The summed E-state index contributed by atoms with van der Waals surface area (Å²) in [6, 6.07) is 3.26. The molecule has 0 aliphatic carbocycles. The third-order valence-corrected chi connectivity index (χ3v) is 3.90. The average molecular weight is 365 g/mol. The fourth-order valence-corrected chi connectivity index (χ4v) is 2.87. The lowest BCUT2D eigenvalue weighted by molar-refractivity contribution is -0.385. The van der Waals surface area contributed by atoms with Crippen molar-refractivity contribution in [2.75, 3.05) is 6.61 Å². The molecular weight excluding hydrogens is 346 g/mol. The monoisotopic (exact) mass is 365 g/mol. The van der Waals surface area contributed by atoms with Gasteiger partial charge in [-0.2, -0.15) is 0 Å². The zero-order valence-electron chi connectivity index (χ0n) is 13.9. The van der Waals surface area contributed by atoms with Crippen LogP contribution in [0.3, 0.4) is 0 Å². The van der Waals surface area contributed by atoms with E-state index in [1.807, 2.05) is 6.92 Å². The molecule has 1 aliphatic rings. The minimum Gasteiger partial charge on any atom is -0.502 e. The quantitative estimate of drug-likeness (QED) is 0.305. The Morgan fingerprint density at radius 1 is 1.44 bits per heavy atom. The Bertz CT molecular complexity index is 747. The molecular formula is C16H19N3O5S. The molecule has 25 heavy (non-hydrogen) atoms. The first kappa shape index (κ1) is 18.7. The molecule has 8 nitrogen and oxygen atoms in total. The number of aromatic hydroxyl groups is 1. The Labute approximate surface area is 150 Å². The maximum atomic E-state index is 12.5. The molecule has 0 saturated heterocycles. The minimum absolute atomic E-state index is 0.203. The van der Waals surface area contributed by atoms with Crippen LogP contribution in [0.1, 0.15) is 38.3 Å². The largest absolute Gasteiger partial charge is 0.502 e. The first-order chi connectivity index (χ1) is 11.9. The number of hydrogen-bond donors (Lipinski definition) is 3. The van der Waals surface area contributed by atoms with E-state index in [-0.39, 0.29) is 6.61 Å². The number of carbonyl (C=O) groups excluding carboxylic acids is 1. The lowest BCUT2D eigenvalue weighted by Crippen LogP contribution is -2.45. The van der Waals surface area contributed by atoms with Crippen molar-refractivity contribution < 1.29 is 19.6 Å². The van der Waals surface area contributed by atoms with Crippen molar-refractivity contribution in [1.82, 2.24) is 10.6 Å². The summed E-state index contributed by atoms with van der Waals surface area (Å²) in [6.45, 7) is 3.87. The number of rotatable bonds is 6. The topological polar surface area (TPSA) is 114 Å². The Kier molecular flexibility index (Phi) is 5.92. The normalized spacial score (nSPS) is 16.9. The summed E-state index contributed by atoms with van der Waals surface area (Å²) in [6.07, 6.45) is 1.35. The molecule has 0 bridgehead atoms. The van der Waals surface area contributed by atoms with Crippen LogP contribution in [-0.2, 0) is 9.53 Å². The molecule has 0 fully saturated rings. The van der Waals surface area contributed by atoms with E-state index in [0.29, 0.717) is 28.4 Å². The molecule has 0 amide bonds. The fourth-order valence-electron chi connectivity index (χ4n) is 2.63. The van der Waals surface area contributed by atoms with E-state index in [9.17, 15) is 20.0 Å². The lowest BCUT2D eigenvalue weighted by atomic mass is 9.93. The summed E-state index contributed by atoms with van der Waals surface area (Å²) in [5, 5.41) is 27.0. The summed E-state index contributed by atoms with van der Waals surface area (Å²) in [4.78, 5) is 22.9. The van der Waals surface area contributed by atoms with E-state index < -0.39 is 28.4 Å². The maximum Gasteiger partial charge on any atom is 0.338 e. The molecule has 1 aromatic carbocycles. The third-order valence-electron chi connectivity index (χ3n) is 3.68. The standard InChI is InChI=1S/C16H19N3O5S/c1-3-5-10-13(15(21)24-4-2)14(18-16(25)17-10)9-6-7-12(20)11(8-9)19(22)23/h6-8,14,20H,3-5H2,1-2H3,(H2,17,18,25)/t14-/m1/s1. The molecule has 0 spiro atoms. The number of esters is 1. The van der Waals surface area contributed by atoms with Gasteiger partial charge in [-0.15, -0.1) is 0 Å². The highest BCUT2D eigenvalue weighted by Gasteiger charge is 2.33. The molecule has 9 heteroatoms. The Morgan fingerprint density at radius 3 is 2.76 bits per heavy atom. The summed E-state index contributed by atoms with van der Waals surface area (Å²) >= 11 is 5.20. The SMILES string of the molecule is CCCC1=C(C(=O)OCC)[C@@H](c2ccc(O)c([N+](=O)[O-])c2)NC(=S)N1. The van der Waals surface area contributed by atoms with Gasteiger partial charge < -0.3 is 20.5 Å². The fraction of sp³-hybridized carbons (Fsp3) is 0.375. The number of allylic oxidation sites excluding steroid dienone is 1. The molecule has 1 aromatic rings. The summed E-state index contributed by atoms with van der Waals surface area (Å²) in [7, 11) is 0. The van der Waals surface area contributed by atoms with E-state index in [1.54, 1.807) is 6.92 Å². The van der Waals surface area contributed by atoms with Crippen molar-refractivity contribution in [1.29, 1.82) is 0 Å². The first-order valence-electron chi connectivity index (χ1n) is 7.84. The molecule has 0 saturated carbocycles. The van der Waals surface area contributed by atoms with Crippen LogP contribution in [0.2, 0.25) is 0 Å². The summed E-state index contributed by atoms with van der Waals surface area (Å²) in [5.74, 6) is -0.963. The van der Waals surface area contributed by atoms with Crippen LogP contribution in [0.4, 0.5) is 5.69 Å². The van der Waals surface area contributed by atoms with Gasteiger partial charge in [-0.05, 0) is 37.2 Å². The van der Waals surface area contributed by atoms with Crippen molar-refractivity contribution in [3.8, 4) is 5.75 Å². The van der Waals surface area contributed by atoms with Gasteiger partial charge in [-0.25, -0.2) is 4.79 Å². The molecule has 1 atom stereocenters. The van der Waals surface area contributed by atoms with Crippen molar-refractivity contribution in [2.24, 2.45) is 0 Å². The highest BCUT2D eigenvalue weighted by Crippen LogP contribution is 2.34. The zero-order chi connectivity index (χ0) is 18.6. The van der Waals surface area contributed by atoms with Crippen LogP contribution >= 0.6 is 12.2 Å². The molecule has 1 aliphatic heterocycles. The number of nitro benzene ring substituents is 1. The predicted molar refractivity (Wildman–Crippen MR) is 94.9 cm³/mol. The van der Waals surface area contributed by atoms with E-state index >= 15 is 0 Å². The average Bonchev–Trinajstić information content (AvgIpc) is 2.55. The number of ether oxygens (including phenoxy) is 1. The van der Waals surface area contributed by atoms with Crippen molar-refractivity contribution in [2.45, 2.75) is 32.7 Å². The van der Waals surface area contributed by atoms with Crippen LogP contribution in [0.5, 0.6) is 5.75 Å². The smallest absolute Gasteiger partial charge is 0.338 e. The van der Waals surface area contributed by atoms with Gasteiger partial charge in [-0.1, -0.05) is 19.4 Å². The van der Waals surface area contributed by atoms with Gasteiger partial charge in [0.15, 0.2) is 10.9 Å². The number of thiocarbonyl (C=S) groups is 1. The number of carbonyl (C=O) groups is 1.